The standard InChI is InChI=1S/C16H22N4O4S/c1-16(2,3)18-15(21)19-6-8-20(9-7-19)25(22,23)12-4-5-13-14(10-12)24-11-17-13/h4-5,10-11H,6-9H2,1-3H3,(H,18,21). The van der Waals surface area contributed by atoms with Gasteiger partial charge in [-0.15, -0.1) is 0 Å². The molecule has 1 N–H and O–H groups in total. The summed E-state index contributed by atoms with van der Waals surface area (Å²) in [6.45, 7) is 6.95. The van der Waals surface area contributed by atoms with Gasteiger partial charge in [0.1, 0.15) is 5.52 Å². The van der Waals surface area contributed by atoms with Crippen LogP contribution in [0.5, 0.6) is 0 Å². The van der Waals surface area contributed by atoms with E-state index in [4.69, 9.17) is 4.42 Å². The zero-order chi connectivity index (χ0) is 18.2. The Kier molecular flexibility index (Phi) is 4.46. The summed E-state index contributed by atoms with van der Waals surface area (Å²) in [6, 6.07) is 4.46. The molecule has 1 aliphatic heterocycles. The molecule has 0 radical (unpaired) electrons. The van der Waals surface area contributed by atoms with Crippen LogP contribution in [0.4, 0.5) is 4.79 Å². The van der Waals surface area contributed by atoms with E-state index in [0.29, 0.717) is 24.2 Å². The largest absolute Gasteiger partial charge is 0.443 e. The Hall–Kier alpha value is -2.13. The first-order valence-corrected chi connectivity index (χ1v) is 9.51. The fourth-order valence-electron chi connectivity index (χ4n) is 2.68. The number of hydrogen-bond donors (Lipinski definition) is 1. The summed E-state index contributed by atoms with van der Waals surface area (Å²) in [6.07, 6.45) is 1.29. The Bertz CT molecular complexity index is 877. The maximum absolute atomic E-state index is 12.8. The second kappa shape index (κ2) is 6.30. The van der Waals surface area contributed by atoms with Crippen molar-refractivity contribution in [3.8, 4) is 0 Å². The van der Waals surface area contributed by atoms with Gasteiger partial charge in [0.15, 0.2) is 12.0 Å². The smallest absolute Gasteiger partial charge is 0.317 e. The number of hydrogen-bond acceptors (Lipinski definition) is 5. The Morgan fingerprint density at radius 3 is 2.52 bits per heavy atom. The molecular formula is C16H22N4O4S. The summed E-state index contributed by atoms with van der Waals surface area (Å²) in [5, 5.41) is 2.89. The van der Waals surface area contributed by atoms with E-state index in [1.54, 1.807) is 11.0 Å². The number of nitrogens with one attached hydrogen (secondary N) is 1. The Morgan fingerprint density at radius 1 is 1.20 bits per heavy atom. The SMILES string of the molecule is CC(C)(C)NC(=O)N1CCN(S(=O)(=O)c2ccc3ncoc3c2)CC1. The van der Waals surface area contributed by atoms with E-state index >= 15 is 0 Å². The van der Waals surface area contributed by atoms with Crippen LogP contribution in [0.2, 0.25) is 0 Å². The van der Waals surface area contributed by atoms with Crippen LogP contribution < -0.4 is 5.32 Å². The normalized spacial score (nSPS) is 17.0. The molecule has 8 nitrogen and oxygen atoms in total. The number of amides is 2. The molecule has 136 valence electrons. The maximum atomic E-state index is 12.8. The molecule has 0 saturated carbocycles. The molecule has 2 aromatic rings. The number of carbonyl (C=O) groups is 1. The van der Waals surface area contributed by atoms with Crippen LogP contribution in [-0.2, 0) is 10.0 Å². The van der Waals surface area contributed by atoms with Gasteiger partial charge in [0.2, 0.25) is 10.0 Å². The van der Waals surface area contributed by atoms with Crippen molar-refractivity contribution in [2.24, 2.45) is 0 Å². The molecular weight excluding hydrogens is 344 g/mol. The van der Waals surface area contributed by atoms with Gasteiger partial charge in [-0.25, -0.2) is 18.2 Å². The average molecular weight is 366 g/mol. The molecule has 0 aliphatic carbocycles. The van der Waals surface area contributed by atoms with Gasteiger partial charge in [-0.05, 0) is 32.9 Å². The Balaban J connectivity index is 1.70. The van der Waals surface area contributed by atoms with Crippen molar-refractivity contribution < 1.29 is 17.6 Å². The highest BCUT2D eigenvalue weighted by molar-refractivity contribution is 7.89. The zero-order valence-corrected chi connectivity index (χ0v) is 15.3. The van der Waals surface area contributed by atoms with Gasteiger partial charge in [0.25, 0.3) is 0 Å². The second-order valence-corrected chi connectivity index (χ2v) is 8.99. The molecule has 2 heterocycles. The molecule has 2 amide bonds. The van der Waals surface area contributed by atoms with Crippen LogP contribution in [0, 0.1) is 0 Å². The number of aromatic nitrogens is 1. The number of benzene rings is 1. The van der Waals surface area contributed by atoms with Crippen molar-refractivity contribution in [1.29, 1.82) is 0 Å². The van der Waals surface area contributed by atoms with Crippen molar-refractivity contribution in [3.05, 3.63) is 24.6 Å². The minimum absolute atomic E-state index is 0.171. The Labute approximate surface area is 146 Å². The van der Waals surface area contributed by atoms with Gasteiger partial charge in [-0.2, -0.15) is 4.31 Å². The minimum Gasteiger partial charge on any atom is -0.443 e. The quantitative estimate of drug-likeness (QED) is 0.872. The van der Waals surface area contributed by atoms with E-state index in [2.05, 4.69) is 10.3 Å². The minimum atomic E-state index is -3.63. The van der Waals surface area contributed by atoms with Crippen LogP contribution in [0.1, 0.15) is 20.8 Å². The lowest BCUT2D eigenvalue weighted by molar-refractivity contribution is 0.165. The average Bonchev–Trinajstić information content (AvgIpc) is 3.01. The van der Waals surface area contributed by atoms with Crippen LogP contribution in [0.15, 0.2) is 33.9 Å². The number of piperazine rings is 1. The highest BCUT2D eigenvalue weighted by Crippen LogP contribution is 2.22. The third-order valence-electron chi connectivity index (χ3n) is 3.95. The fourth-order valence-corrected chi connectivity index (χ4v) is 4.11. The van der Waals surface area contributed by atoms with Gasteiger partial charge in [-0.3, -0.25) is 0 Å². The molecule has 1 aliphatic rings. The number of rotatable bonds is 2. The van der Waals surface area contributed by atoms with Gasteiger partial charge in [0, 0.05) is 37.8 Å². The molecule has 1 aromatic carbocycles. The molecule has 9 heteroatoms. The van der Waals surface area contributed by atoms with E-state index < -0.39 is 10.0 Å². The van der Waals surface area contributed by atoms with Crippen LogP contribution in [-0.4, -0.2) is 60.4 Å². The van der Waals surface area contributed by atoms with Crippen molar-refractivity contribution in [1.82, 2.24) is 19.5 Å². The monoisotopic (exact) mass is 366 g/mol. The first-order valence-electron chi connectivity index (χ1n) is 8.07. The van der Waals surface area contributed by atoms with Gasteiger partial charge in [0.05, 0.1) is 4.90 Å². The molecule has 3 rings (SSSR count). The first kappa shape index (κ1) is 17.7. The lowest BCUT2D eigenvalue weighted by Gasteiger charge is -2.35. The summed E-state index contributed by atoms with van der Waals surface area (Å²) < 4.78 is 32.2. The van der Waals surface area contributed by atoms with Gasteiger partial charge in [-0.1, -0.05) is 0 Å². The summed E-state index contributed by atoms with van der Waals surface area (Å²) >= 11 is 0. The van der Waals surface area contributed by atoms with Crippen molar-refractivity contribution in [3.63, 3.8) is 0 Å². The highest BCUT2D eigenvalue weighted by atomic mass is 32.2. The summed E-state index contributed by atoms with van der Waals surface area (Å²) in [7, 11) is -3.63. The fraction of sp³-hybridized carbons (Fsp3) is 0.500. The van der Waals surface area contributed by atoms with Crippen LogP contribution in [0.3, 0.4) is 0 Å². The first-order chi connectivity index (χ1) is 11.7. The highest BCUT2D eigenvalue weighted by Gasteiger charge is 2.31. The number of carbonyl (C=O) groups excluding carboxylic acids is 1. The predicted octanol–water partition coefficient (Wildman–Crippen LogP) is 1.64. The van der Waals surface area contributed by atoms with Crippen molar-refractivity contribution in [2.75, 3.05) is 26.2 Å². The van der Waals surface area contributed by atoms with E-state index in [0.717, 1.165) is 0 Å². The number of urea groups is 1. The van der Waals surface area contributed by atoms with Gasteiger partial charge >= 0.3 is 6.03 Å². The number of oxazole rings is 1. The third-order valence-corrected chi connectivity index (χ3v) is 5.84. The molecule has 0 atom stereocenters. The molecule has 0 bridgehead atoms. The lowest BCUT2D eigenvalue weighted by atomic mass is 10.1. The summed E-state index contributed by atoms with van der Waals surface area (Å²) in [5.41, 5.74) is 0.721. The van der Waals surface area contributed by atoms with E-state index in [-0.39, 0.29) is 29.6 Å². The van der Waals surface area contributed by atoms with Crippen molar-refractivity contribution >= 4 is 27.2 Å². The topological polar surface area (TPSA) is 95.8 Å². The van der Waals surface area contributed by atoms with E-state index in [9.17, 15) is 13.2 Å². The zero-order valence-electron chi connectivity index (χ0n) is 14.5. The Morgan fingerprint density at radius 2 is 1.88 bits per heavy atom. The molecule has 1 saturated heterocycles. The van der Waals surface area contributed by atoms with Crippen LogP contribution in [0.25, 0.3) is 11.1 Å². The summed E-state index contributed by atoms with van der Waals surface area (Å²) in [5.74, 6) is 0. The number of sulfonamides is 1. The predicted molar refractivity (Wildman–Crippen MR) is 92.6 cm³/mol. The second-order valence-electron chi connectivity index (χ2n) is 7.05. The molecule has 25 heavy (non-hydrogen) atoms. The molecule has 1 aromatic heterocycles. The summed E-state index contributed by atoms with van der Waals surface area (Å²) in [4.78, 5) is 18.0. The van der Waals surface area contributed by atoms with Crippen molar-refractivity contribution in [2.45, 2.75) is 31.2 Å². The molecule has 0 spiro atoms. The molecule has 1 fully saturated rings. The lowest BCUT2D eigenvalue weighted by Crippen LogP contribution is -2.55. The van der Waals surface area contributed by atoms with Crippen LogP contribution >= 0.6 is 0 Å². The maximum Gasteiger partial charge on any atom is 0.317 e. The van der Waals surface area contributed by atoms with Gasteiger partial charge < -0.3 is 14.6 Å². The number of nitrogens with zero attached hydrogens (tertiary/aromatic N) is 3. The number of fused-ring (bicyclic) bond motifs is 1. The molecule has 0 unspecified atom stereocenters. The van der Waals surface area contributed by atoms with E-state index in [1.165, 1.54) is 22.8 Å². The van der Waals surface area contributed by atoms with E-state index in [1.807, 2.05) is 20.8 Å². The third kappa shape index (κ3) is 3.77.